The molecule has 0 atom stereocenters. The summed E-state index contributed by atoms with van der Waals surface area (Å²) < 4.78 is 10.9. The van der Waals surface area contributed by atoms with Gasteiger partial charge in [-0.3, -0.25) is 0 Å². The molecule has 0 unspecified atom stereocenters. The molecule has 0 saturated carbocycles. The number of rotatable bonds is 5. The Morgan fingerprint density at radius 3 is 2.38 bits per heavy atom. The van der Waals surface area contributed by atoms with Crippen LogP contribution in [0.15, 0.2) is 36.4 Å². The minimum atomic E-state index is 0.328. The van der Waals surface area contributed by atoms with Crippen molar-refractivity contribution in [1.29, 1.82) is 0 Å². The van der Waals surface area contributed by atoms with Crippen molar-refractivity contribution in [2.75, 3.05) is 6.79 Å². The molecule has 2 aromatic carbocycles. The third kappa shape index (κ3) is 3.05. The first-order valence-corrected chi connectivity index (χ1v) is 7.77. The minimum absolute atomic E-state index is 0.328. The molecule has 110 valence electrons. The maximum absolute atomic E-state index is 5.48. The van der Waals surface area contributed by atoms with Crippen LogP contribution in [0.4, 0.5) is 0 Å². The number of ether oxygens (including phenoxy) is 2. The number of hydrogen-bond acceptors (Lipinski definition) is 2. The molecular weight excluding hydrogens is 260 g/mol. The molecule has 2 aromatic rings. The number of hydrogen-bond donors (Lipinski definition) is 0. The number of fused-ring (bicyclic) bond motifs is 1. The Morgan fingerprint density at radius 1 is 0.952 bits per heavy atom. The van der Waals surface area contributed by atoms with Gasteiger partial charge in [0.25, 0.3) is 0 Å². The molecule has 1 aliphatic rings. The molecule has 1 heterocycles. The Morgan fingerprint density at radius 2 is 1.67 bits per heavy atom. The van der Waals surface area contributed by atoms with Gasteiger partial charge in [0, 0.05) is 0 Å². The lowest BCUT2D eigenvalue weighted by Crippen LogP contribution is -1.92. The quantitative estimate of drug-likeness (QED) is 0.708. The van der Waals surface area contributed by atoms with Crippen molar-refractivity contribution in [1.82, 2.24) is 0 Å². The number of aryl methyl sites for hydroxylation is 2. The summed E-state index contributed by atoms with van der Waals surface area (Å²) in [6, 6.07) is 13.1. The zero-order valence-electron chi connectivity index (χ0n) is 12.8. The van der Waals surface area contributed by atoms with E-state index in [-0.39, 0.29) is 0 Å². The van der Waals surface area contributed by atoms with E-state index in [2.05, 4.69) is 50.2 Å². The van der Waals surface area contributed by atoms with E-state index in [9.17, 15) is 0 Å². The van der Waals surface area contributed by atoms with E-state index in [0.29, 0.717) is 6.79 Å². The van der Waals surface area contributed by atoms with Gasteiger partial charge in [0.05, 0.1) is 0 Å². The van der Waals surface area contributed by atoms with Crippen LogP contribution in [0.3, 0.4) is 0 Å². The minimum Gasteiger partial charge on any atom is -0.454 e. The predicted octanol–water partition coefficient (Wildman–Crippen LogP) is 5.12. The van der Waals surface area contributed by atoms with E-state index in [1.807, 2.05) is 0 Å². The summed E-state index contributed by atoms with van der Waals surface area (Å²) in [6.07, 6.45) is 5.03. The Hall–Kier alpha value is -1.96. The average Bonchev–Trinajstić information content (AvgIpc) is 2.94. The molecule has 0 bridgehead atoms. The van der Waals surface area contributed by atoms with Gasteiger partial charge in [0.15, 0.2) is 11.5 Å². The first-order chi connectivity index (χ1) is 10.3. The molecule has 1 aliphatic heterocycles. The summed E-state index contributed by atoms with van der Waals surface area (Å²) in [4.78, 5) is 0. The van der Waals surface area contributed by atoms with E-state index in [1.54, 1.807) is 0 Å². The van der Waals surface area contributed by atoms with E-state index in [0.717, 1.165) is 11.5 Å². The van der Waals surface area contributed by atoms with Gasteiger partial charge < -0.3 is 9.47 Å². The van der Waals surface area contributed by atoms with Gasteiger partial charge in [-0.05, 0) is 54.2 Å². The van der Waals surface area contributed by atoms with Gasteiger partial charge in [-0.1, -0.05) is 44.0 Å². The molecule has 0 amide bonds. The molecule has 3 rings (SSSR count). The molecule has 0 radical (unpaired) electrons. The molecule has 0 N–H and O–H groups in total. The second kappa shape index (κ2) is 6.21. The zero-order chi connectivity index (χ0) is 14.7. The molecule has 0 aliphatic carbocycles. The van der Waals surface area contributed by atoms with Crippen LogP contribution >= 0.6 is 0 Å². The van der Waals surface area contributed by atoms with Crippen molar-refractivity contribution < 1.29 is 9.47 Å². The highest BCUT2D eigenvalue weighted by molar-refractivity contribution is 5.71. The lowest BCUT2D eigenvalue weighted by Gasteiger charge is -2.09. The van der Waals surface area contributed by atoms with Crippen LogP contribution < -0.4 is 9.47 Å². The molecule has 21 heavy (non-hydrogen) atoms. The highest BCUT2D eigenvalue weighted by Crippen LogP contribution is 2.38. The SMILES string of the molecule is CCCCCc1ccc(-c2cc3c(cc2C)OCO3)cc1. The van der Waals surface area contributed by atoms with Crippen LogP contribution in [0, 0.1) is 6.92 Å². The van der Waals surface area contributed by atoms with Gasteiger partial charge in [0.1, 0.15) is 0 Å². The van der Waals surface area contributed by atoms with Crippen LogP contribution in [0.5, 0.6) is 11.5 Å². The van der Waals surface area contributed by atoms with Crippen LogP contribution in [0.25, 0.3) is 11.1 Å². The standard InChI is InChI=1S/C19H22O2/c1-3-4-5-6-15-7-9-16(10-8-15)17-12-19-18(11-14(17)2)20-13-21-19/h7-12H,3-6,13H2,1-2H3. The van der Waals surface area contributed by atoms with Crippen LogP contribution in [-0.2, 0) is 6.42 Å². The summed E-state index contributed by atoms with van der Waals surface area (Å²) in [5, 5.41) is 0. The van der Waals surface area contributed by atoms with Gasteiger partial charge in [-0.25, -0.2) is 0 Å². The maximum atomic E-state index is 5.48. The van der Waals surface area contributed by atoms with Gasteiger partial charge in [-0.2, -0.15) is 0 Å². The van der Waals surface area contributed by atoms with Crippen molar-refractivity contribution in [2.45, 2.75) is 39.5 Å². The normalized spacial score (nSPS) is 12.7. The van der Waals surface area contributed by atoms with Gasteiger partial charge in [-0.15, -0.1) is 0 Å². The monoisotopic (exact) mass is 282 g/mol. The lowest BCUT2D eigenvalue weighted by atomic mass is 9.97. The van der Waals surface area contributed by atoms with Crippen LogP contribution in [0.1, 0.15) is 37.3 Å². The summed E-state index contributed by atoms with van der Waals surface area (Å²) in [5.74, 6) is 1.70. The third-order valence-corrected chi connectivity index (χ3v) is 4.05. The maximum Gasteiger partial charge on any atom is 0.231 e. The predicted molar refractivity (Wildman–Crippen MR) is 86.0 cm³/mol. The molecule has 2 heteroatoms. The molecule has 0 saturated heterocycles. The Kier molecular flexibility index (Phi) is 4.14. The highest BCUT2D eigenvalue weighted by Gasteiger charge is 2.16. The van der Waals surface area contributed by atoms with E-state index < -0.39 is 0 Å². The summed E-state index contributed by atoms with van der Waals surface area (Å²) >= 11 is 0. The van der Waals surface area contributed by atoms with Crippen molar-refractivity contribution in [3.8, 4) is 22.6 Å². The Labute approximate surface area is 126 Å². The highest BCUT2D eigenvalue weighted by atomic mass is 16.7. The topological polar surface area (TPSA) is 18.5 Å². The van der Waals surface area contributed by atoms with Crippen molar-refractivity contribution in [3.63, 3.8) is 0 Å². The Balaban J connectivity index is 1.81. The zero-order valence-corrected chi connectivity index (χ0v) is 12.8. The van der Waals surface area contributed by atoms with Crippen LogP contribution in [-0.4, -0.2) is 6.79 Å². The molecule has 0 spiro atoms. The summed E-state index contributed by atoms with van der Waals surface area (Å²) in [5.41, 5.74) is 5.10. The summed E-state index contributed by atoms with van der Waals surface area (Å²) in [6.45, 7) is 4.69. The second-order valence-corrected chi connectivity index (χ2v) is 5.67. The first-order valence-electron chi connectivity index (χ1n) is 7.77. The van der Waals surface area contributed by atoms with E-state index in [4.69, 9.17) is 9.47 Å². The third-order valence-electron chi connectivity index (χ3n) is 4.05. The van der Waals surface area contributed by atoms with Gasteiger partial charge in [0.2, 0.25) is 6.79 Å². The smallest absolute Gasteiger partial charge is 0.231 e. The fourth-order valence-electron chi connectivity index (χ4n) is 2.78. The fourth-order valence-corrected chi connectivity index (χ4v) is 2.78. The molecule has 0 fully saturated rings. The summed E-state index contributed by atoms with van der Waals surface area (Å²) in [7, 11) is 0. The largest absolute Gasteiger partial charge is 0.454 e. The van der Waals surface area contributed by atoms with Crippen molar-refractivity contribution in [2.24, 2.45) is 0 Å². The molecule has 2 nitrogen and oxygen atoms in total. The number of unbranched alkanes of at least 4 members (excludes halogenated alkanes) is 2. The second-order valence-electron chi connectivity index (χ2n) is 5.67. The van der Waals surface area contributed by atoms with Crippen molar-refractivity contribution >= 4 is 0 Å². The van der Waals surface area contributed by atoms with E-state index >= 15 is 0 Å². The molecular formula is C19H22O2. The van der Waals surface area contributed by atoms with Crippen molar-refractivity contribution in [3.05, 3.63) is 47.5 Å². The average molecular weight is 282 g/mol. The van der Waals surface area contributed by atoms with E-state index in [1.165, 1.54) is 47.9 Å². The lowest BCUT2D eigenvalue weighted by molar-refractivity contribution is 0.174. The number of benzene rings is 2. The molecule has 0 aromatic heterocycles. The first kappa shape index (κ1) is 14.0. The van der Waals surface area contributed by atoms with Crippen LogP contribution in [0.2, 0.25) is 0 Å². The Bertz CT molecular complexity index is 614. The van der Waals surface area contributed by atoms with Gasteiger partial charge >= 0.3 is 0 Å². The fraction of sp³-hybridized carbons (Fsp3) is 0.368.